The third kappa shape index (κ3) is 29.7. The van der Waals surface area contributed by atoms with E-state index in [0.717, 1.165) is 44.9 Å². The number of aliphatic hydroxyl groups excluding tert-OH is 2. The van der Waals surface area contributed by atoms with Gasteiger partial charge in [-0.15, -0.1) is 0 Å². The number of phosphoric ester groups is 1. The second-order valence-electron chi connectivity index (χ2n) is 11.9. The fourth-order valence-corrected chi connectivity index (χ4v) is 5.55. The van der Waals surface area contributed by atoms with Crippen molar-refractivity contribution in [1.29, 1.82) is 0 Å². The Hall–Kier alpha value is -1.03. The first-order valence-corrected chi connectivity index (χ1v) is 19.0. The summed E-state index contributed by atoms with van der Waals surface area (Å²) < 4.78 is 32.4. The molecule has 0 heterocycles. The van der Waals surface area contributed by atoms with Crippen molar-refractivity contribution in [2.75, 3.05) is 26.4 Å². The van der Waals surface area contributed by atoms with Crippen LogP contribution in [0.1, 0.15) is 162 Å². The summed E-state index contributed by atoms with van der Waals surface area (Å²) in [5, 5.41) is 18.2. The van der Waals surface area contributed by atoms with Crippen molar-refractivity contribution in [3.05, 3.63) is 0 Å². The van der Waals surface area contributed by atoms with Crippen molar-refractivity contribution in [3.63, 3.8) is 0 Å². The van der Waals surface area contributed by atoms with Crippen LogP contribution in [-0.2, 0) is 32.7 Å². The summed E-state index contributed by atoms with van der Waals surface area (Å²) in [6.07, 6.45) is 22.5. The van der Waals surface area contributed by atoms with Gasteiger partial charge in [-0.05, 0) is 12.8 Å². The van der Waals surface area contributed by atoms with E-state index in [1.165, 1.54) is 77.0 Å². The molecule has 0 fully saturated rings. The van der Waals surface area contributed by atoms with Gasteiger partial charge in [0.25, 0.3) is 0 Å². The molecule has 0 aliphatic heterocycles. The fraction of sp³-hybridized carbons (Fsp3) is 0.939. The molecule has 10 nitrogen and oxygen atoms in total. The molecule has 3 N–H and O–H groups in total. The summed E-state index contributed by atoms with van der Waals surface area (Å²) >= 11 is 0. The van der Waals surface area contributed by atoms with Crippen LogP contribution in [-0.4, -0.2) is 65.7 Å². The molecule has 262 valence electrons. The van der Waals surface area contributed by atoms with Gasteiger partial charge in [0.05, 0.1) is 19.8 Å². The first-order chi connectivity index (χ1) is 21.2. The lowest BCUT2D eigenvalue weighted by Gasteiger charge is -2.20. The van der Waals surface area contributed by atoms with E-state index in [2.05, 4.69) is 18.4 Å². The Bertz CT molecular complexity index is 721. The van der Waals surface area contributed by atoms with Gasteiger partial charge in [-0.1, -0.05) is 136 Å². The average molecular weight is 653 g/mol. The highest BCUT2D eigenvalue weighted by Gasteiger charge is 2.27. The maximum Gasteiger partial charge on any atom is 0.472 e. The first-order valence-electron chi connectivity index (χ1n) is 17.5. The fourth-order valence-electron chi connectivity index (χ4n) is 4.76. The van der Waals surface area contributed by atoms with Crippen molar-refractivity contribution >= 4 is 19.8 Å². The van der Waals surface area contributed by atoms with Crippen LogP contribution >= 0.6 is 7.82 Å². The Labute approximate surface area is 267 Å². The quantitative estimate of drug-likeness (QED) is 0.0362. The van der Waals surface area contributed by atoms with E-state index in [0.29, 0.717) is 12.8 Å². The lowest BCUT2D eigenvalue weighted by Crippen LogP contribution is -2.29. The molecule has 0 spiro atoms. The Kier molecular flexibility index (Phi) is 29.9. The monoisotopic (exact) mass is 652 g/mol. The van der Waals surface area contributed by atoms with E-state index in [9.17, 15) is 24.2 Å². The van der Waals surface area contributed by atoms with E-state index in [1.807, 2.05) is 0 Å². The van der Waals surface area contributed by atoms with Crippen LogP contribution in [0, 0.1) is 0 Å². The normalized spacial score (nSPS) is 14.2. The smallest absolute Gasteiger partial charge is 0.462 e. The number of rotatable bonds is 33. The number of unbranched alkanes of at least 4 members (excludes halogenated alkanes) is 19. The predicted molar refractivity (Wildman–Crippen MR) is 173 cm³/mol. The highest BCUT2D eigenvalue weighted by atomic mass is 31.2. The van der Waals surface area contributed by atoms with Crippen molar-refractivity contribution in [2.24, 2.45) is 0 Å². The minimum Gasteiger partial charge on any atom is -0.462 e. The van der Waals surface area contributed by atoms with Crippen LogP contribution in [0.25, 0.3) is 0 Å². The second kappa shape index (κ2) is 30.6. The standard InChI is InChI=1S/C33H65O10P/c1-3-5-7-9-11-12-13-14-15-16-17-18-19-21-23-25-33(37)43-31(29-42-44(38,39)41-27-30(35)26-34)28-40-32(36)24-22-20-10-8-6-4-2/h30-31,34-35H,3-29H2,1-2H3,(H,38,39)/t30-,31+/m1/s1. The minimum atomic E-state index is -4.59. The van der Waals surface area contributed by atoms with Crippen LogP contribution in [0.2, 0.25) is 0 Å². The average Bonchev–Trinajstić information content (AvgIpc) is 3.01. The Morgan fingerprint density at radius 3 is 1.41 bits per heavy atom. The van der Waals surface area contributed by atoms with E-state index in [1.54, 1.807) is 0 Å². The molecule has 11 heteroatoms. The van der Waals surface area contributed by atoms with Crippen LogP contribution in [0.3, 0.4) is 0 Å². The predicted octanol–water partition coefficient (Wildman–Crippen LogP) is 7.94. The molecular formula is C33H65O10P. The van der Waals surface area contributed by atoms with Gasteiger partial charge < -0.3 is 24.6 Å². The molecule has 0 saturated heterocycles. The number of ether oxygens (including phenoxy) is 2. The first kappa shape index (κ1) is 43.0. The molecule has 3 atom stereocenters. The van der Waals surface area contributed by atoms with E-state index < -0.39 is 51.8 Å². The number of esters is 2. The molecule has 1 unspecified atom stereocenters. The Morgan fingerprint density at radius 2 is 0.977 bits per heavy atom. The van der Waals surface area contributed by atoms with Gasteiger partial charge in [0.1, 0.15) is 12.7 Å². The molecule has 0 saturated carbocycles. The lowest BCUT2D eigenvalue weighted by molar-refractivity contribution is -0.161. The molecule has 0 rings (SSSR count). The summed E-state index contributed by atoms with van der Waals surface area (Å²) in [5.74, 6) is -0.928. The molecule has 0 aromatic rings. The number of carbonyl (C=O) groups is 2. The largest absolute Gasteiger partial charge is 0.472 e. The molecule has 44 heavy (non-hydrogen) atoms. The van der Waals surface area contributed by atoms with Crippen LogP contribution in [0.15, 0.2) is 0 Å². The maximum atomic E-state index is 12.5. The van der Waals surface area contributed by atoms with E-state index in [4.69, 9.17) is 19.1 Å². The summed E-state index contributed by atoms with van der Waals surface area (Å²) in [5.41, 5.74) is 0. The zero-order valence-corrected chi connectivity index (χ0v) is 28.8. The molecule has 0 bridgehead atoms. The lowest BCUT2D eigenvalue weighted by atomic mass is 10.0. The summed E-state index contributed by atoms with van der Waals surface area (Å²) in [7, 11) is -4.59. The summed E-state index contributed by atoms with van der Waals surface area (Å²) in [6.45, 7) is 2.30. The van der Waals surface area contributed by atoms with Gasteiger partial charge >= 0.3 is 19.8 Å². The zero-order chi connectivity index (χ0) is 32.7. The molecule has 0 aliphatic carbocycles. The van der Waals surface area contributed by atoms with Crippen molar-refractivity contribution in [2.45, 2.75) is 174 Å². The van der Waals surface area contributed by atoms with Gasteiger partial charge in [-0.25, -0.2) is 4.57 Å². The zero-order valence-electron chi connectivity index (χ0n) is 27.9. The summed E-state index contributed by atoms with van der Waals surface area (Å²) in [6, 6.07) is 0. The highest BCUT2D eigenvalue weighted by Crippen LogP contribution is 2.43. The number of hydrogen-bond donors (Lipinski definition) is 3. The Morgan fingerprint density at radius 1 is 0.591 bits per heavy atom. The van der Waals surface area contributed by atoms with Gasteiger partial charge in [-0.3, -0.25) is 18.6 Å². The SMILES string of the molecule is CCCCCCCCCCCCCCCCCC(=O)O[C@@H](COC(=O)CCCCCCCC)COP(=O)(O)OC[C@H](O)CO. The molecule has 0 aliphatic rings. The molecular weight excluding hydrogens is 587 g/mol. The van der Waals surface area contributed by atoms with Gasteiger partial charge in [-0.2, -0.15) is 0 Å². The molecule has 0 radical (unpaired) electrons. The van der Waals surface area contributed by atoms with Crippen LogP contribution < -0.4 is 0 Å². The van der Waals surface area contributed by atoms with Crippen molar-refractivity contribution < 1.29 is 47.8 Å². The Balaban J connectivity index is 4.29. The minimum absolute atomic E-state index is 0.191. The number of aliphatic hydroxyl groups is 2. The maximum absolute atomic E-state index is 12.5. The highest BCUT2D eigenvalue weighted by molar-refractivity contribution is 7.47. The van der Waals surface area contributed by atoms with Crippen molar-refractivity contribution in [3.8, 4) is 0 Å². The van der Waals surface area contributed by atoms with Crippen LogP contribution in [0.5, 0.6) is 0 Å². The third-order valence-corrected chi connectivity index (χ3v) is 8.46. The van der Waals surface area contributed by atoms with Crippen LogP contribution in [0.4, 0.5) is 0 Å². The number of phosphoric acid groups is 1. The summed E-state index contributed by atoms with van der Waals surface area (Å²) in [4.78, 5) is 34.5. The molecule has 0 aromatic heterocycles. The van der Waals surface area contributed by atoms with Gasteiger partial charge in [0.2, 0.25) is 0 Å². The number of carbonyl (C=O) groups excluding carboxylic acids is 2. The molecule has 0 aromatic carbocycles. The van der Waals surface area contributed by atoms with Gasteiger partial charge in [0, 0.05) is 12.8 Å². The van der Waals surface area contributed by atoms with Crippen molar-refractivity contribution in [1.82, 2.24) is 0 Å². The molecule has 0 amide bonds. The van der Waals surface area contributed by atoms with E-state index in [-0.39, 0.29) is 19.4 Å². The van der Waals surface area contributed by atoms with E-state index >= 15 is 0 Å². The number of hydrogen-bond acceptors (Lipinski definition) is 9. The second-order valence-corrected chi connectivity index (χ2v) is 13.4. The van der Waals surface area contributed by atoms with Gasteiger partial charge in [0.15, 0.2) is 6.10 Å². The topological polar surface area (TPSA) is 149 Å². The third-order valence-electron chi connectivity index (χ3n) is 7.51.